The molecule has 2 rings (SSSR count). The van der Waals surface area contributed by atoms with Crippen molar-refractivity contribution in [3.05, 3.63) is 62.6 Å². The summed E-state index contributed by atoms with van der Waals surface area (Å²) in [6.07, 6.45) is 0. The zero-order valence-electron chi connectivity index (χ0n) is 11.4. The zero-order chi connectivity index (χ0) is 16.3. The van der Waals surface area contributed by atoms with Crippen LogP contribution in [0.1, 0.15) is 22.8 Å². The standard InChI is InChI=1S/C15H11Cl3N2O2/c1-8(11-6-9(16)2-4-13(11)17)19-20-10-3-5-14(18)12(7-10)15(21)22/h2-7,20H,1H3,(H,21,22)/b19-8+. The van der Waals surface area contributed by atoms with E-state index in [9.17, 15) is 4.79 Å². The van der Waals surface area contributed by atoms with Gasteiger partial charge in [0.1, 0.15) is 0 Å². The van der Waals surface area contributed by atoms with Gasteiger partial charge in [0.2, 0.25) is 0 Å². The molecule has 0 aliphatic heterocycles. The van der Waals surface area contributed by atoms with Crippen molar-refractivity contribution in [3.63, 3.8) is 0 Å². The Labute approximate surface area is 142 Å². The van der Waals surface area contributed by atoms with E-state index < -0.39 is 5.97 Å². The molecular weight excluding hydrogens is 347 g/mol. The average molecular weight is 358 g/mol. The van der Waals surface area contributed by atoms with E-state index in [4.69, 9.17) is 39.9 Å². The number of hydrogen-bond acceptors (Lipinski definition) is 3. The molecule has 2 N–H and O–H groups in total. The lowest BCUT2D eigenvalue weighted by molar-refractivity contribution is 0.0697. The minimum absolute atomic E-state index is 0.000285. The lowest BCUT2D eigenvalue weighted by Crippen LogP contribution is -2.02. The molecule has 0 fully saturated rings. The van der Waals surface area contributed by atoms with Gasteiger partial charge in [-0.3, -0.25) is 5.43 Å². The first-order valence-electron chi connectivity index (χ1n) is 6.17. The van der Waals surface area contributed by atoms with Gasteiger partial charge in [-0.2, -0.15) is 5.10 Å². The molecule has 0 aromatic heterocycles. The molecule has 4 nitrogen and oxygen atoms in total. The molecule has 0 spiro atoms. The van der Waals surface area contributed by atoms with Crippen molar-refractivity contribution in [1.82, 2.24) is 0 Å². The molecule has 0 amide bonds. The third-order valence-corrected chi connectivity index (χ3v) is 3.76. The Kier molecular flexibility index (Phi) is 5.29. The number of hydrazone groups is 1. The van der Waals surface area contributed by atoms with Crippen LogP contribution in [0.3, 0.4) is 0 Å². The molecule has 0 saturated carbocycles. The predicted molar refractivity (Wildman–Crippen MR) is 90.7 cm³/mol. The van der Waals surface area contributed by atoms with Gasteiger partial charge in [0.15, 0.2) is 0 Å². The summed E-state index contributed by atoms with van der Waals surface area (Å²) in [6, 6.07) is 9.60. The Hall–Kier alpha value is -1.75. The Bertz CT molecular complexity index is 760. The SMILES string of the molecule is C/C(=N\Nc1ccc(Cl)c(C(=O)O)c1)c1cc(Cl)ccc1Cl. The summed E-state index contributed by atoms with van der Waals surface area (Å²) in [5.41, 5.74) is 4.58. The molecule has 114 valence electrons. The molecule has 0 aliphatic carbocycles. The van der Waals surface area contributed by atoms with E-state index in [1.807, 2.05) is 0 Å². The summed E-state index contributed by atoms with van der Waals surface area (Å²) in [4.78, 5) is 11.0. The van der Waals surface area contributed by atoms with Gasteiger partial charge in [0.25, 0.3) is 0 Å². The molecular formula is C15H11Cl3N2O2. The highest BCUT2D eigenvalue weighted by Crippen LogP contribution is 2.23. The average Bonchev–Trinajstić information content (AvgIpc) is 2.48. The van der Waals surface area contributed by atoms with Crippen LogP contribution in [0.25, 0.3) is 0 Å². The van der Waals surface area contributed by atoms with Crippen molar-refractivity contribution < 1.29 is 9.90 Å². The summed E-state index contributed by atoms with van der Waals surface area (Å²) < 4.78 is 0. The van der Waals surface area contributed by atoms with Crippen molar-refractivity contribution in [2.45, 2.75) is 6.92 Å². The Morgan fingerprint density at radius 3 is 2.36 bits per heavy atom. The number of nitrogens with zero attached hydrogens (tertiary/aromatic N) is 1. The van der Waals surface area contributed by atoms with Gasteiger partial charge in [-0.05, 0) is 43.3 Å². The molecule has 0 unspecified atom stereocenters. The second-order valence-electron chi connectivity index (χ2n) is 4.43. The number of rotatable bonds is 4. The summed E-state index contributed by atoms with van der Waals surface area (Å²) in [6.45, 7) is 1.76. The van der Waals surface area contributed by atoms with E-state index in [0.29, 0.717) is 27.0 Å². The number of aromatic carboxylic acids is 1. The number of carboxylic acid groups (broad SMARTS) is 1. The molecule has 0 bridgehead atoms. The van der Waals surface area contributed by atoms with Crippen molar-refractivity contribution >= 4 is 52.2 Å². The number of carboxylic acids is 1. The Morgan fingerprint density at radius 2 is 1.68 bits per heavy atom. The van der Waals surface area contributed by atoms with Crippen LogP contribution in [-0.4, -0.2) is 16.8 Å². The molecule has 0 atom stereocenters. The van der Waals surface area contributed by atoms with Crippen molar-refractivity contribution in [2.24, 2.45) is 5.10 Å². The summed E-state index contributed by atoms with van der Waals surface area (Å²) >= 11 is 17.8. The zero-order valence-corrected chi connectivity index (χ0v) is 13.7. The normalized spacial score (nSPS) is 11.4. The van der Waals surface area contributed by atoms with Gasteiger partial charge in [-0.25, -0.2) is 4.79 Å². The first kappa shape index (κ1) is 16.6. The van der Waals surface area contributed by atoms with Crippen LogP contribution >= 0.6 is 34.8 Å². The monoisotopic (exact) mass is 356 g/mol. The van der Waals surface area contributed by atoms with Crippen molar-refractivity contribution in [3.8, 4) is 0 Å². The van der Waals surface area contributed by atoms with Gasteiger partial charge in [-0.15, -0.1) is 0 Å². The van der Waals surface area contributed by atoms with Crippen LogP contribution in [0.4, 0.5) is 5.69 Å². The maximum atomic E-state index is 11.0. The van der Waals surface area contributed by atoms with Crippen LogP contribution in [0, 0.1) is 0 Å². The lowest BCUT2D eigenvalue weighted by atomic mass is 10.1. The summed E-state index contributed by atoms with van der Waals surface area (Å²) in [5, 5.41) is 14.5. The van der Waals surface area contributed by atoms with E-state index in [1.54, 1.807) is 31.2 Å². The highest BCUT2D eigenvalue weighted by atomic mass is 35.5. The Balaban J connectivity index is 2.26. The fourth-order valence-corrected chi connectivity index (χ4v) is 2.37. The van der Waals surface area contributed by atoms with E-state index in [1.165, 1.54) is 12.1 Å². The van der Waals surface area contributed by atoms with E-state index >= 15 is 0 Å². The first-order chi connectivity index (χ1) is 10.4. The van der Waals surface area contributed by atoms with E-state index in [2.05, 4.69) is 10.5 Å². The Morgan fingerprint density at radius 1 is 1.05 bits per heavy atom. The summed E-state index contributed by atoms with van der Waals surface area (Å²) in [5.74, 6) is -1.10. The summed E-state index contributed by atoms with van der Waals surface area (Å²) in [7, 11) is 0. The lowest BCUT2D eigenvalue weighted by Gasteiger charge is -2.07. The number of halogens is 3. The molecule has 0 radical (unpaired) electrons. The van der Waals surface area contributed by atoms with Crippen LogP contribution < -0.4 is 5.43 Å². The molecule has 0 aliphatic rings. The second kappa shape index (κ2) is 7.01. The topological polar surface area (TPSA) is 61.7 Å². The van der Waals surface area contributed by atoms with Gasteiger partial charge >= 0.3 is 5.97 Å². The van der Waals surface area contributed by atoms with Crippen molar-refractivity contribution in [1.29, 1.82) is 0 Å². The molecule has 2 aromatic carbocycles. The fourth-order valence-electron chi connectivity index (χ4n) is 1.74. The van der Waals surface area contributed by atoms with Gasteiger partial charge in [0.05, 0.1) is 22.0 Å². The highest BCUT2D eigenvalue weighted by Gasteiger charge is 2.09. The van der Waals surface area contributed by atoms with E-state index in [-0.39, 0.29) is 10.6 Å². The predicted octanol–water partition coefficient (Wildman–Crippen LogP) is 5.18. The quantitative estimate of drug-likeness (QED) is 0.585. The number of benzene rings is 2. The van der Waals surface area contributed by atoms with Gasteiger partial charge in [0, 0.05) is 15.6 Å². The van der Waals surface area contributed by atoms with Crippen LogP contribution in [0.5, 0.6) is 0 Å². The minimum atomic E-state index is -1.10. The van der Waals surface area contributed by atoms with E-state index in [0.717, 1.165) is 0 Å². The smallest absolute Gasteiger partial charge is 0.337 e. The first-order valence-corrected chi connectivity index (χ1v) is 7.30. The molecule has 2 aromatic rings. The maximum Gasteiger partial charge on any atom is 0.337 e. The van der Waals surface area contributed by atoms with Crippen molar-refractivity contribution in [2.75, 3.05) is 5.43 Å². The fraction of sp³-hybridized carbons (Fsp3) is 0.0667. The van der Waals surface area contributed by atoms with Gasteiger partial charge < -0.3 is 5.11 Å². The maximum absolute atomic E-state index is 11.0. The van der Waals surface area contributed by atoms with Crippen LogP contribution in [0.15, 0.2) is 41.5 Å². The largest absolute Gasteiger partial charge is 0.478 e. The number of nitrogens with one attached hydrogen (secondary N) is 1. The third-order valence-electron chi connectivity index (χ3n) is 2.87. The highest BCUT2D eigenvalue weighted by molar-refractivity contribution is 6.36. The van der Waals surface area contributed by atoms with Crippen LogP contribution in [-0.2, 0) is 0 Å². The van der Waals surface area contributed by atoms with Gasteiger partial charge in [-0.1, -0.05) is 34.8 Å². The number of hydrogen-bond donors (Lipinski definition) is 2. The molecule has 0 saturated heterocycles. The minimum Gasteiger partial charge on any atom is -0.478 e. The third kappa shape index (κ3) is 3.91. The van der Waals surface area contributed by atoms with Crippen LogP contribution in [0.2, 0.25) is 15.1 Å². The molecule has 0 heterocycles. The molecule has 22 heavy (non-hydrogen) atoms. The second-order valence-corrected chi connectivity index (χ2v) is 5.68. The number of carbonyl (C=O) groups is 1. The number of anilines is 1. The molecule has 7 heteroatoms.